The predicted molar refractivity (Wildman–Crippen MR) is 109 cm³/mol. The minimum absolute atomic E-state index is 0.0900. The molecule has 4 bridgehead atoms. The third-order valence-electron chi connectivity index (χ3n) is 7.26. The van der Waals surface area contributed by atoms with Crippen LogP contribution in [0.15, 0.2) is 29.3 Å². The molecule has 1 N–H and O–H groups in total. The van der Waals surface area contributed by atoms with E-state index in [-0.39, 0.29) is 16.9 Å². The number of aromatic nitrogens is 3. The third-order valence-corrected chi connectivity index (χ3v) is 7.63. The maximum Gasteiger partial charge on any atom is 0.230 e. The van der Waals surface area contributed by atoms with Gasteiger partial charge in [-0.2, -0.15) is 0 Å². The molecule has 2 unspecified atom stereocenters. The molecule has 7 nitrogen and oxygen atoms in total. The fourth-order valence-corrected chi connectivity index (χ4v) is 6.87. The van der Waals surface area contributed by atoms with Crippen LogP contribution < -0.4 is 14.8 Å². The van der Waals surface area contributed by atoms with Gasteiger partial charge >= 0.3 is 0 Å². The minimum Gasteiger partial charge on any atom is -0.486 e. The van der Waals surface area contributed by atoms with Crippen molar-refractivity contribution in [2.45, 2.75) is 44.1 Å². The normalized spacial score (nSPS) is 34.2. The first kappa shape index (κ1) is 17.7. The Morgan fingerprint density at radius 3 is 2.62 bits per heavy atom. The summed E-state index contributed by atoms with van der Waals surface area (Å²) in [6, 6.07) is 5.64. The Hall–Kier alpha value is -2.09. The van der Waals surface area contributed by atoms with Gasteiger partial charge in [0.1, 0.15) is 19.5 Å². The second-order valence-electron chi connectivity index (χ2n) is 9.24. The number of hydrogen-bond acceptors (Lipinski definition) is 5. The summed E-state index contributed by atoms with van der Waals surface area (Å²) in [6.45, 7) is 1.10. The van der Waals surface area contributed by atoms with Gasteiger partial charge in [0, 0.05) is 11.8 Å². The number of nitrogens with zero attached hydrogens (tertiary/aromatic N) is 3. The maximum atomic E-state index is 13.6. The van der Waals surface area contributed by atoms with Crippen molar-refractivity contribution in [1.82, 2.24) is 14.8 Å². The molecule has 2 heterocycles. The lowest BCUT2D eigenvalue weighted by Crippen LogP contribution is -2.60. The molecule has 152 valence electrons. The quantitative estimate of drug-likeness (QED) is 0.757. The summed E-state index contributed by atoms with van der Waals surface area (Å²) in [5.41, 5.74) is 0.343. The van der Waals surface area contributed by atoms with E-state index in [4.69, 9.17) is 9.47 Å². The molecule has 4 atom stereocenters. The molecule has 0 spiro atoms. The molecule has 8 heteroatoms. The van der Waals surface area contributed by atoms with Crippen LogP contribution in [0.4, 0.5) is 5.69 Å². The van der Waals surface area contributed by atoms with Gasteiger partial charge in [-0.25, -0.2) is 9.67 Å². The highest BCUT2D eigenvalue weighted by atomic mass is 79.9. The van der Waals surface area contributed by atoms with E-state index in [9.17, 15) is 4.79 Å². The molecule has 1 aliphatic heterocycles. The first-order valence-corrected chi connectivity index (χ1v) is 11.1. The van der Waals surface area contributed by atoms with Crippen LogP contribution in [0.25, 0.3) is 0 Å². The van der Waals surface area contributed by atoms with E-state index in [0.717, 1.165) is 43.5 Å². The zero-order valence-corrected chi connectivity index (χ0v) is 17.7. The number of fused-ring (bicyclic) bond motifs is 1. The fraction of sp³-hybridized carbons (Fsp3) is 0.571. The van der Waals surface area contributed by atoms with Crippen molar-refractivity contribution in [3.05, 3.63) is 29.3 Å². The summed E-state index contributed by atoms with van der Waals surface area (Å²) < 4.78 is 13.9. The molecule has 0 radical (unpaired) electrons. The predicted octanol–water partition coefficient (Wildman–Crippen LogP) is 3.75. The lowest BCUT2D eigenvalue weighted by molar-refractivity contribution is -0.150. The summed E-state index contributed by atoms with van der Waals surface area (Å²) >= 11 is 3.38. The number of amides is 1. The molecule has 7 rings (SSSR count). The third kappa shape index (κ3) is 2.79. The van der Waals surface area contributed by atoms with Crippen LogP contribution in [0, 0.1) is 17.3 Å². The Labute approximate surface area is 177 Å². The van der Waals surface area contributed by atoms with Crippen molar-refractivity contribution in [3.8, 4) is 11.5 Å². The fourth-order valence-electron chi connectivity index (χ4n) is 6.60. The second-order valence-corrected chi connectivity index (χ2v) is 9.95. The molecule has 0 saturated heterocycles. The van der Waals surface area contributed by atoms with Crippen molar-refractivity contribution in [2.24, 2.45) is 17.3 Å². The Kier molecular flexibility index (Phi) is 3.79. The van der Waals surface area contributed by atoms with Gasteiger partial charge in [0.25, 0.3) is 0 Å². The molecule has 2 aromatic rings. The smallest absolute Gasteiger partial charge is 0.230 e. The number of benzene rings is 1. The number of rotatable bonds is 3. The Balaban J connectivity index is 1.30. The van der Waals surface area contributed by atoms with Crippen LogP contribution in [0.5, 0.6) is 11.5 Å². The molecule has 1 amide bonds. The molecule has 1 aromatic carbocycles. The molecule has 5 aliphatic rings. The number of carbonyl (C=O) groups is 1. The van der Waals surface area contributed by atoms with E-state index < -0.39 is 0 Å². The first-order valence-electron chi connectivity index (χ1n) is 10.3. The minimum atomic E-state index is -0.338. The number of ether oxygens (including phenoxy) is 2. The van der Waals surface area contributed by atoms with Crippen molar-refractivity contribution in [3.63, 3.8) is 0 Å². The summed E-state index contributed by atoms with van der Waals surface area (Å²) in [5, 5.41) is 7.78. The van der Waals surface area contributed by atoms with Crippen LogP contribution in [0.3, 0.4) is 0 Å². The number of hydrogen-bond donors (Lipinski definition) is 1. The standard InChI is InChI=1S/C21H23BrN4O3/c22-19-23-12-26(25-19)21-9-13-5-14(10-21)8-20(7-13,11-21)18(27)24-15-1-2-16-17(6-15)29-4-3-28-16/h1-2,6,12-14H,3-5,7-11H2,(H,24,27)/t13-,14+,20?,21?. The van der Waals surface area contributed by atoms with E-state index >= 15 is 0 Å². The van der Waals surface area contributed by atoms with Crippen molar-refractivity contribution < 1.29 is 14.3 Å². The maximum absolute atomic E-state index is 13.6. The van der Waals surface area contributed by atoms with Crippen molar-refractivity contribution in [1.29, 1.82) is 0 Å². The molecular formula is C21H23BrN4O3. The van der Waals surface area contributed by atoms with E-state index in [1.165, 1.54) is 6.42 Å². The van der Waals surface area contributed by atoms with Crippen molar-refractivity contribution in [2.75, 3.05) is 18.5 Å². The monoisotopic (exact) mass is 458 g/mol. The first-order chi connectivity index (χ1) is 14.0. The highest BCUT2D eigenvalue weighted by molar-refractivity contribution is 9.10. The van der Waals surface area contributed by atoms with E-state index in [0.29, 0.717) is 35.5 Å². The van der Waals surface area contributed by atoms with Crippen LogP contribution in [-0.4, -0.2) is 33.9 Å². The molecule has 4 fully saturated rings. The molecular weight excluding hydrogens is 436 g/mol. The van der Waals surface area contributed by atoms with Crippen molar-refractivity contribution >= 4 is 27.5 Å². The Bertz CT molecular complexity index is 976. The van der Waals surface area contributed by atoms with Gasteiger partial charge in [-0.05, 0) is 78.4 Å². The molecule has 4 saturated carbocycles. The van der Waals surface area contributed by atoms with Gasteiger partial charge in [0.2, 0.25) is 10.6 Å². The highest BCUT2D eigenvalue weighted by Gasteiger charge is 2.61. The van der Waals surface area contributed by atoms with Gasteiger partial charge in [-0.1, -0.05) is 0 Å². The average molecular weight is 459 g/mol. The lowest BCUT2D eigenvalue weighted by atomic mass is 9.46. The van der Waals surface area contributed by atoms with Gasteiger partial charge in [-0.15, -0.1) is 5.10 Å². The number of anilines is 1. The van der Waals surface area contributed by atoms with Gasteiger partial charge in [-0.3, -0.25) is 4.79 Å². The van der Waals surface area contributed by atoms with E-state index in [1.807, 2.05) is 29.2 Å². The van der Waals surface area contributed by atoms with Gasteiger partial charge < -0.3 is 14.8 Å². The zero-order chi connectivity index (χ0) is 19.6. The Morgan fingerprint density at radius 1 is 1.14 bits per heavy atom. The molecule has 1 aromatic heterocycles. The Morgan fingerprint density at radius 2 is 1.90 bits per heavy atom. The number of halogens is 1. The summed E-state index contributed by atoms with van der Waals surface area (Å²) in [7, 11) is 0. The molecule has 4 aliphatic carbocycles. The largest absolute Gasteiger partial charge is 0.486 e. The number of carbonyl (C=O) groups excluding carboxylic acids is 1. The van der Waals surface area contributed by atoms with E-state index in [2.05, 4.69) is 31.3 Å². The van der Waals surface area contributed by atoms with Gasteiger partial charge in [0.05, 0.1) is 11.0 Å². The SMILES string of the molecule is O=C(Nc1ccc2c(c1)OCCO2)C12C[C@H]3C[C@@H](C1)CC(n1cnc(Br)n1)(C3)C2. The lowest BCUT2D eigenvalue weighted by Gasteiger charge is -2.60. The van der Waals surface area contributed by atoms with Gasteiger partial charge in [0.15, 0.2) is 11.5 Å². The van der Waals surface area contributed by atoms with Crippen LogP contribution in [0.1, 0.15) is 38.5 Å². The van der Waals surface area contributed by atoms with Crippen LogP contribution in [0.2, 0.25) is 0 Å². The van der Waals surface area contributed by atoms with Crippen LogP contribution >= 0.6 is 15.9 Å². The number of nitrogens with one attached hydrogen (secondary N) is 1. The second kappa shape index (κ2) is 6.20. The average Bonchev–Trinajstić information content (AvgIpc) is 3.14. The highest BCUT2D eigenvalue weighted by Crippen LogP contribution is 2.64. The summed E-state index contributed by atoms with van der Waals surface area (Å²) in [6.07, 6.45) is 8.02. The van der Waals surface area contributed by atoms with Crippen LogP contribution in [-0.2, 0) is 10.3 Å². The van der Waals surface area contributed by atoms with E-state index in [1.54, 1.807) is 0 Å². The molecule has 29 heavy (non-hydrogen) atoms. The summed E-state index contributed by atoms with van der Waals surface area (Å²) in [5.74, 6) is 2.71. The summed E-state index contributed by atoms with van der Waals surface area (Å²) in [4.78, 5) is 17.9. The zero-order valence-electron chi connectivity index (χ0n) is 16.1. The topological polar surface area (TPSA) is 78.3 Å².